The minimum atomic E-state index is -0.896. The lowest BCUT2D eigenvalue weighted by Crippen LogP contribution is -2.42. The fourth-order valence-corrected chi connectivity index (χ4v) is 3.21. The number of hydrogen-bond donors (Lipinski definition) is 1. The molecule has 1 N–H and O–H groups in total. The largest absolute Gasteiger partial charge is 0.480 e. The lowest BCUT2D eigenvalue weighted by atomic mass is 9.95. The summed E-state index contributed by atoms with van der Waals surface area (Å²) in [6.07, 6.45) is 1.83. The average molecular weight is 291 g/mol. The second-order valence-electron chi connectivity index (χ2n) is 5.67. The van der Waals surface area contributed by atoms with Gasteiger partial charge in [0.15, 0.2) is 0 Å². The molecular formula is C16H21NO4. The van der Waals surface area contributed by atoms with E-state index in [1.54, 1.807) is 0 Å². The Balaban J connectivity index is 1.59. The van der Waals surface area contributed by atoms with Gasteiger partial charge in [-0.2, -0.15) is 0 Å². The fourth-order valence-electron chi connectivity index (χ4n) is 3.21. The highest BCUT2D eigenvalue weighted by molar-refractivity contribution is 5.68. The van der Waals surface area contributed by atoms with Crippen LogP contribution in [0.3, 0.4) is 0 Å². The van der Waals surface area contributed by atoms with E-state index in [2.05, 4.69) is 29.2 Å². The van der Waals surface area contributed by atoms with Gasteiger partial charge < -0.3 is 14.6 Å². The minimum Gasteiger partial charge on any atom is -0.480 e. The fraction of sp³-hybridized carbons (Fsp3) is 0.562. The van der Waals surface area contributed by atoms with Crippen LogP contribution in [-0.2, 0) is 20.9 Å². The van der Waals surface area contributed by atoms with Gasteiger partial charge in [0, 0.05) is 13.1 Å². The Morgan fingerprint density at radius 2 is 2.10 bits per heavy atom. The topological polar surface area (TPSA) is 59.0 Å². The SMILES string of the molecule is O=C(O)COC1CCN(C2COCc3ccccc32)CC1. The molecule has 0 amide bonds. The van der Waals surface area contributed by atoms with E-state index in [9.17, 15) is 4.79 Å². The average Bonchev–Trinajstić information content (AvgIpc) is 2.53. The molecule has 0 spiro atoms. The number of rotatable bonds is 4. The van der Waals surface area contributed by atoms with Crippen LogP contribution < -0.4 is 0 Å². The van der Waals surface area contributed by atoms with Crippen molar-refractivity contribution in [3.8, 4) is 0 Å². The lowest BCUT2D eigenvalue weighted by Gasteiger charge is -2.39. The summed E-state index contributed by atoms with van der Waals surface area (Å²) < 4.78 is 11.1. The first kappa shape index (κ1) is 14.5. The van der Waals surface area contributed by atoms with Crippen molar-refractivity contribution in [2.24, 2.45) is 0 Å². The summed E-state index contributed by atoms with van der Waals surface area (Å²) >= 11 is 0. The van der Waals surface area contributed by atoms with Gasteiger partial charge in [0.1, 0.15) is 6.61 Å². The molecule has 1 saturated heterocycles. The monoisotopic (exact) mass is 291 g/mol. The molecule has 21 heavy (non-hydrogen) atoms. The van der Waals surface area contributed by atoms with Crippen molar-refractivity contribution in [3.05, 3.63) is 35.4 Å². The third-order valence-electron chi connectivity index (χ3n) is 4.31. The quantitative estimate of drug-likeness (QED) is 0.917. The normalized spacial score (nSPS) is 23.7. The number of hydrogen-bond acceptors (Lipinski definition) is 4. The Bertz CT molecular complexity index is 497. The zero-order valence-electron chi connectivity index (χ0n) is 12.0. The van der Waals surface area contributed by atoms with E-state index in [0.717, 1.165) is 32.5 Å². The number of piperidine rings is 1. The highest BCUT2D eigenvalue weighted by atomic mass is 16.5. The number of likely N-dealkylation sites (tertiary alicyclic amines) is 1. The molecule has 1 fully saturated rings. The Morgan fingerprint density at radius 1 is 1.33 bits per heavy atom. The van der Waals surface area contributed by atoms with Gasteiger partial charge in [-0.3, -0.25) is 4.90 Å². The molecule has 3 rings (SSSR count). The molecule has 114 valence electrons. The van der Waals surface area contributed by atoms with Crippen LogP contribution in [0.4, 0.5) is 0 Å². The minimum absolute atomic E-state index is 0.0668. The van der Waals surface area contributed by atoms with Gasteiger partial charge >= 0.3 is 5.97 Å². The van der Waals surface area contributed by atoms with Crippen LogP contribution in [0, 0.1) is 0 Å². The highest BCUT2D eigenvalue weighted by Crippen LogP contribution is 2.31. The van der Waals surface area contributed by atoms with Crippen molar-refractivity contribution in [1.29, 1.82) is 0 Å². The van der Waals surface area contributed by atoms with Crippen molar-refractivity contribution in [2.45, 2.75) is 31.6 Å². The molecule has 5 heteroatoms. The zero-order chi connectivity index (χ0) is 14.7. The Morgan fingerprint density at radius 3 is 2.86 bits per heavy atom. The van der Waals surface area contributed by atoms with Crippen molar-refractivity contribution >= 4 is 5.97 Å². The van der Waals surface area contributed by atoms with Crippen molar-refractivity contribution in [1.82, 2.24) is 4.90 Å². The highest BCUT2D eigenvalue weighted by Gasteiger charge is 2.30. The van der Waals surface area contributed by atoms with Crippen LogP contribution in [0.15, 0.2) is 24.3 Å². The van der Waals surface area contributed by atoms with Gasteiger partial charge in [-0.25, -0.2) is 4.79 Å². The molecule has 2 heterocycles. The summed E-state index contributed by atoms with van der Waals surface area (Å²) in [5.74, 6) is -0.896. The van der Waals surface area contributed by atoms with E-state index in [0.29, 0.717) is 12.6 Å². The zero-order valence-corrected chi connectivity index (χ0v) is 12.0. The first-order chi connectivity index (χ1) is 10.2. The van der Waals surface area contributed by atoms with Gasteiger partial charge in [-0.05, 0) is 24.0 Å². The standard InChI is InChI=1S/C16H21NO4/c18-16(19)11-21-13-5-7-17(8-6-13)15-10-20-9-12-3-1-2-4-14(12)15/h1-4,13,15H,5-11H2,(H,18,19). The summed E-state index contributed by atoms with van der Waals surface area (Å²) in [6.45, 7) is 3.09. The van der Waals surface area contributed by atoms with Crippen LogP contribution >= 0.6 is 0 Å². The van der Waals surface area contributed by atoms with Crippen molar-refractivity contribution < 1.29 is 19.4 Å². The Hall–Kier alpha value is -1.43. The van der Waals surface area contributed by atoms with Gasteiger partial charge in [-0.15, -0.1) is 0 Å². The van der Waals surface area contributed by atoms with Crippen LogP contribution in [0.5, 0.6) is 0 Å². The number of ether oxygens (including phenoxy) is 2. The molecule has 2 aliphatic rings. The second kappa shape index (κ2) is 6.56. The van der Waals surface area contributed by atoms with Gasteiger partial charge in [0.2, 0.25) is 0 Å². The first-order valence-corrected chi connectivity index (χ1v) is 7.47. The number of carbonyl (C=O) groups is 1. The maximum atomic E-state index is 10.5. The molecule has 5 nitrogen and oxygen atoms in total. The molecule has 0 radical (unpaired) electrons. The third kappa shape index (κ3) is 3.43. The number of fused-ring (bicyclic) bond motifs is 1. The number of carboxylic acid groups (broad SMARTS) is 1. The maximum absolute atomic E-state index is 10.5. The Labute approximate surface area is 124 Å². The maximum Gasteiger partial charge on any atom is 0.329 e. The summed E-state index contributed by atoms with van der Waals surface area (Å²) in [5, 5.41) is 8.66. The summed E-state index contributed by atoms with van der Waals surface area (Å²) in [6, 6.07) is 8.77. The third-order valence-corrected chi connectivity index (χ3v) is 4.31. The molecular weight excluding hydrogens is 270 g/mol. The lowest BCUT2D eigenvalue weighted by molar-refractivity contribution is -0.145. The smallest absolute Gasteiger partial charge is 0.329 e. The van der Waals surface area contributed by atoms with E-state index in [4.69, 9.17) is 14.6 Å². The number of nitrogens with zero attached hydrogens (tertiary/aromatic N) is 1. The van der Waals surface area contributed by atoms with E-state index < -0.39 is 5.97 Å². The molecule has 1 aromatic rings. The summed E-state index contributed by atoms with van der Waals surface area (Å²) in [5.41, 5.74) is 2.65. The van der Waals surface area contributed by atoms with Crippen LogP contribution in [0.1, 0.15) is 30.0 Å². The molecule has 0 saturated carbocycles. The van der Waals surface area contributed by atoms with Gasteiger partial charge in [-0.1, -0.05) is 24.3 Å². The number of aliphatic carboxylic acids is 1. The Kier molecular flexibility index (Phi) is 4.53. The predicted octanol–water partition coefficient (Wildman–Crippen LogP) is 1.82. The van der Waals surface area contributed by atoms with E-state index >= 15 is 0 Å². The summed E-state index contributed by atoms with van der Waals surface area (Å²) in [7, 11) is 0. The molecule has 0 bridgehead atoms. The molecule has 1 aromatic carbocycles. The molecule has 1 atom stereocenters. The van der Waals surface area contributed by atoms with Crippen molar-refractivity contribution in [2.75, 3.05) is 26.3 Å². The van der Waals surface area contributed by atoms with Gasteiger partial charge in [0.05, 0.1) is 25.4 Å². The van der Waals surface area contributed by atoms with E-state index in [-0.39, 0.29) is 12.7 Å². The van der Waals surface area contributed by atoms with E-state index in [1.807, 2.05) is 0 Å². The van der Waals surface area contributed by atoms with E-state index in [1.165, 1.54) is 11.1 Å². The molecule has 2 aliphatic heterocycles. The van der Waals surface area contributed by atoms with Gasteiger partial charge in [0.25, 0.3) is 0 Å². The first-order valence-electron chi connectivity index (χ1n) is 7.47. The van der Waals surface area contributed by atoms with Crippen LogP contribution in [-0.4, -0.2) is 48.4 Å². The van der Waals surface area contributed by atoms with Crippen LogP contribution in [0.2, 0.25) is 0 Å². The molecule has 0 aliphatic carbocycles. The van der Waals surface area contributed by atoms with Crippen LogP contribution in [0.25, 0.3) is 0 Å². The van der Waals surface area contributed by atoms with Crippen molar-refractivity contribution in [3.63, 3.8) is 0 Å². The number of benzene rings is 1. The molecule has 0 aromatic heterocycles. The molecule has 1 unspecified atom stereocenters. The predicted molar refractivity (Wildman–Crippen MR) is 77.0 cm³/mol. The summed E-state index contributed by atoms with van der Waals surface area (Å²) in [4.78, 5) is 13.0. The second-order valence-corrected chi connectivity index (χ2v) is 5.67. The number of carboxylic acids is 1.